The molecule has 9 heteroatoms. The minimum absolute atomic E-state index is 0.0391. The molecule has 182 valence electrons. The molecule has 1 aromatic heterocycles. The van der Waals surface area contributed by atoms with Gasteiger partial charge in [-0.25, -0.2) is 0 Å². The number of benzene rings is 2. The van der Waals surface area contributed by atoms with Crippen LogP contribution in [0.3, 0.4) is 0 Å². The second-order valence-electron chi connectivity index (χ2n) is 8.49. The Morgan fingerprint density at radius 1 is 1.18 bits per heavy atom. The average Bonchev–Trinajstić information content (AvgIpc) is 2.78. The highest BCUT2D eigenvalue weighted by Gasteiger charge is 2.41. The van der Waals surface area contributed by atoms with Crippen molar-refractivity contribution in [3.05, 3.63) is 57.9 Å². The zero-order chi connectivity index (χ0) is 24.5. The highest BCUT2D eigenvalue weighted by atomic mass is 19.4. The first-order chi connectivity index (χ1) is 16.2. The lowest BCUT2D eigenvalue weighted by molar-refractivity contribution is -0.154. The van der Waals surface area contributed by atoms with Crippen LogP contribution in [0.4, 0.5) is 13.2 Å². The topological polar surface area (TPSA) is 72.1 Å². The lowest BCUT2D eigenvalue weighted by atomic mass is 9.99. The fraction of sp³-hybridized carbons (Fsp3) is 0.400. The standard InChI is InChI=1S/C25H26F3NO5/c1-3-32-19-8-4-5-9-20(19)33-23-21(31)16-10-11-18(30)17(14-29-12-6-7-15(2)13-29)22(16)34-24(23)25(26,27)28/h4-5,8-11,15,30H,3,6-7,12-14H2,1-2H3. The van der Waals surface area contributed by atoms with Gasteiger partial charge in [-0.3, -0.25) is 9.69 Å². The maximum absolute atomic E-state index is 14.0. The number of nitrogens with zero attached hydrogens (tertiary/aromatic N) is 1. The summed E-state index contributed by atoms with van der Waals surface area (Å²) in [6.07, 6.45) is -3.00. The first-order valence-corrected chi connectivity index (χ1v) is 11.2. The Morgan fingerprint density at radius 3 is 2.59 bits per heavy atom. The van der Waals surface area contributed by atoms with Gasteiger partial charge in [0.1, 0.15) is 11.3 Å². The maximum Gasteiger partial charge on any atom is 0.453 e. The molecule has 34 heavy (non-hydrogen) atoms. The van der Waals surface area contributed by atoms with Crippen LogP contribution in [0.1, 0.15) is 38.0 Å². The smallest absolute Gasteiger partial charge is 0.453 e. The Hall–Kier alpha value is -3.20. The Bertz CT molecular complexity index is 1240. The van der Waals surface area contributed by atoms with Gasteiger partial charge in [-0.15, -0.1) is 0 Å². The summed E-state index contributed by atoms with van der Waals surface area (Å²) in [7, 11) is 0. The number of para-hydroxylation sites is 2. The van der Waals surface area contributed by atoms with E-state index in [4.69, 9.17) is 13.9 Å². The van der Waals surface area contributed by atoms with E-state index in [-0.39, 0.29) is 46.9 Å². The number of aromatic hydroxyl groups is 1. The summed E-state index contributed by atoms with van der Waals surface area (Å²) in [5.74, 6) is -2.18. The number of piperidine rings is 1. The van der Waals surface area contributed by atoms with Gasteiger partial charge < -0.3 is 19.0 Å². The van der Waals surface area contributed by atoms with Crippen molar-refractivity contribution in [3.63, 3.8) is 0 Å². The van der Waals surface area contributed by atoms with Crippen LogP contribution in [0.5, 0.6) is 23.0 Å². The molecule has 0 saturated carbocycles. The molecule has 3 aromatic rings. The molecule has 4 rings (SSSR count). The van der Waals surface area contributed by atoms with E-state index < -0.39 is 23.1 Å². The predicted octanol–water partition coefficient (Wildman–Crippen LogP) is 5.94. The van der Waals surface area contributed by atoms with Gasteiger partial charge in [0.15, 0.2) is 11.5 Å². The number of hydrogen-bond donors (Lipinski definition) is 1. The molecule has 1 aliphatic rings. The molecule has 1 N–H and O–H groups in total. The van der Waals surface area contributed by atoms with Crippen molar-refractivity contribution in [1.29, 1.82) is 0 Å². The van der Waals surface area contributed by atoms with Crippen LogP contribution in [0.25, 0.3) is 11.0 Å². The first kappa shape index (κ1) is 23.9. The summed E-state index contributed by atoms with van der Waals surface area (Å²) in [5, 5.41) is 10.4. The van der Waals surface area contributed by atoms with Crippen LogP contribution in [0.2, 0.25) is 0 Å². The van der Waals surface area contributed by atoms with Gasteiger partial charge >= 0.3 is 6.18 Å². The molecule has 2 heterocycles. The first-order valence-electron chi connectivity index (χ1n) is 11.2. The van der Waals surface area contributed by atoms with E-state index in [2.05, 4.69) is 6.92 Å². The molecule has 1 aliphatic heterocycles. The largest absolute Gasteiger partial charge is 0.507 e. The van der Waals surface area contributed by atoms with Crippen molar-refractivity contribution < 1.29 is 32.2 Å². The predicted molar refractivity (Wildman–Crippen MR) is 121 cm³/mol. The number of hydrogen-bond acceptors (Lipinski definition) is 6. The number of alkyl halides is 3. The highest BCUT2D eigenvalue weighted by Crippen LogP contribution is 2.41. The van der Waals surface area contributed by atoms with E-state index in [0.717, 1.165) is 25.9 Å². The molecule has 6 nitrogen and oxygen atoms in total. The Morgan fingerprint density at radius 2 is 1.91 bits per heavy atom. The molecule has 0 spiro atoms. The summed E-state index contributed by atoms with van der Waals surface area (Å²) in [6.45, 7) is 5.73. The third-order valence-electron chi connectivity index (χ3n) is 5.84. The summed E-state index contributed by atoms with van der Waals surface area (Å²) < 4.78 is 58.3. The molecule has 1 unspecified atom stereocenters. The van der Waals surface area contributed by atoms with Crippen molar-refractivity contribution >= 4 is 11.0 Å². The summed E-state index contributed by atoms with van der Waals surface area (Å²) in [5.41, 5.74) is -1.12. The van der Waals surface area contributed by atoms with Gasteiger partial charge in [-0.05, 0) is 56.5 Å². The second kappa shape index (κ2) is 9.58. The highest BCUT2D eigenvalue weighted by molar-refractivity contribution is 5.83. The van der Waals surface area contributed by atoms with Crippen LogP contribution in [0, 0.1) is 5.92 Å². The van der Waals surface area contributed by atoms with Gasteiger partial charge in [0.25, 0.3) is 5.76 Å². The van der Waals surface area contributed by atoms with Gasteiger partial charge in [0.05, 0.1) is 17.6 Å². The normalized spacial score (nSPS) is 17.1. The summed E-state index contributed by atoms with van der Waals surface area (Å²) in [4.78, 5) is 15.3. The molecule has 2 aromatic carbocycles. The SMILES string of the molecule is CCOc1ccccc1Oc1c(C(F)(F)F)oc2c(CN3CCCC(C)C3)c(O)ccc2c1=O. The molecule has 0 radical (unpaired) electrons. The van der Waals surface area contributed by atoms with Gasteiger partial charge in [0, 0.05) is 13.1 Å². The number of ether oxygens (including phenoxy) is 2. The summed E-state index contributed by atoms with van der Waals surface area (Å²) in [6, 6.07) is 8.69. The van der Waals surface area contributed by atoms with Gasteiger partial charge in [0.2, 0.25) is 11.2 Å². The van der Waals surface area contributed by atoms with Gasteiger partial charge in [-0.2, -0.15) is 13.2 Å². The minimum Gasteiger partial charge on any atom is -0.507 e. The molecule has 1 fully saturated rings. The van der Waals surface area contributed by atoms with Crippen molar-refractivity contribution in [2.75, 3.05) is 19.7 Å². The van der Waals surface area contributed by atoms with Crippen LogP contribution in [-0.4, -0.2) is 29.7 Å². The maximum atomic E-state index is 14.0. The molecule has 1 atom stereocenters. The Labute approximate surface area is 194 Å². The van der Waals surface area contributed by atoms with E-state index >= 15 is 0 Å². The third-order valence-corrected chi connectivity index (χ3v) is 5.84. The fourth-order valence-corrected chi connectivity index (χ4v) is 4.29. The van der Waals surface area contributed by atoms with E-state index in [1.165, 1.54) is 24.3 Å². The average molecular weight is 477 g/mol. The lowest BCUT2D eigenvalue weighted by Gasteiger charge is -2.31. The van der Waals surface area contributed by atoms with Crippen molar-refractivity contribution in [3.8, 4) is 23.0 Å². The van der Waals surface area contributed by atoms with E-state index in [9.17, 15) is 23.1 Å². The summed E-state index contributed by atoms with van der Waals surface area (Å²) >= 11 is 0. The van der Waals surface area contributed by atoms with Crippen LogP contribution in [0.15, 0.2) is 45.6 Å². The number of halogens is 3. The van der Waals surface area contributed by atoms with Crippen molar-refractivity contribution in [1.82, 2.24) is 4.90 Å². The zero-order valence-electron chi connectivity index (χ0n) is 18.9. The molecule has 1 saturated heterocycles. The number of phenols is 1. The fourth-order valence-electron chi connectivity index (χ4n) is 4.29. The monoisotopic (exact) mass is 477 g/mol. The lowest BCUT2D eigenvalue weighted by Crippen LogP contribution is -2.33. The number of rotatable bonds is 6. The number of likely N-dealkylation sites (tertiary alicyclic amines) is 1. The minimum atomic E-state index is -5.01. The molecular weight excluding hydrogens is 451 g/mol. The van der Waals surface area contributed by atoms with Gasteiger partial charge in [-0.1, -0.05) is 19.1 Å². The van der Waals surface area contributed by atoms with Crippen LogP contribution in [-0.2, 0) is 12.7 Å². The van der Waals surface area contributed by atoms with Crippen molar-refractivity contribution in [2.24, 2.45) is 5.92 Å². The molecule has 0 aliphatic carbocycles. The van der Waals surface area contributed by atoms with E-state index in [1.54, 1.807) is 19.1 Å². The molecule has 0 amide bonds. The molecule has 0 bridgehead atoms. The third kappa shape index (κ3) is 4.84. The van der Waals surface area contributed by atoms with E-state index in [0.29, 0.717) is 5.92 Å². The number of fused-ring (bicyclic) bond motifs is 1. The van der Waals surface area contributed by atoms with Crippen LogP contribution >= 0.6 is 0 Å². The van der Waals surface area contributed by atoms with Crippen molar-refractivity contribution in [2.45, 2.75) is 39.4 Å². The zero-order valence-corrected chi connectivity index (χ0v) is 18.9. The molecular formula is C25H26F3NO5. The Balaban J connectivity index is 1.86. The quantitative estimate of drug-likeness (QED) is 0.474. The number of phenolic OH excluding ortho intramolecular Hbond substituents is 1. The second-order valence-corrected chi connectivity index (χ2v) is 8.49. The Kier molecular flexibility index (Phi) is 6.74. The van der Waals surface area contributed by atoms with E-state index in [1.807, 2.05) is 4.90 Å². The van der Waals surface area contributed by atoms with Crippen LogP contribution < -0.4 is 14.9 Å².